The van der Waals surface area contributed by atoms with Crippen molar-refractivity contribution in [1.29, 1.82) is 0 Å². The molecule has 114 valence electrons. The Labute approximate surface area is 123 Å². The summed E-state index contributed by atoms with van der Waals surface area (Å²) in [6, 6.07) is 9.12. The Kier molecular flexibility index (Phi) is 4.05. The molecule has 9 heteroatoms. The molecule has 0 N–H and O–H groups in total. The summed E-state index contributed by atoms with van der Waals surface area (Å²) in [5.41, 5.74) is -5.19. The highest BCUT2D eigenvalue weighted by atomic mass is 32.2. The van der Waals surface area contributed by atoms with Crippen molar-refractivity contribution in [1.82, 2.24) is 4.98 Å². The molecular formula is C13H7F3N2O3S. The first-order valence-corrected chi connectivity index (χ1v) is 7.09. The fraction of sp³-hybridized carbons (Fsp3) is 0.0769. The van der Waals surface area contributed by atoms with Gasteiger partial charge in [-0.15, -0.1) is 0 Å². The van der Waals surface area contributed by atoms with E-state index < -0.39 is 21.5 Å². The van der Waals surface area contributed by atoms with Crippen molar-refractivity contribution in [3.8, 4) is 17.0 Å². The maximum absolute atomic E-state index is 12.4. The Hall–Kier alpha value is -2.60. The van der Waals surface area contributed by atoms with Gasteiger partial charge >= 0.3 is 15.6 Å². The van der Waals surface area contributed by atoms with Crippen LogP contribution in [0.1, 0.15) is 0 Å². The topological polar surface area (TPSA) is 60.6 Å². The maximum Gasteiger partial charge on any atom is 0.534 e. The van der Waals surface area contributed by atoms with Crippen LogP contribution in [0.3, 0.4) is 0 Å². The van der Waals surface area contributed by atoms with Gasteiger partial charge in [-0.3, -0.25) is 0 Å². The van der Waals surface area contributed by atoms with Gasteiger partial charge in [-0.2, -0.15) is 21.6 Å². The number of hydrogen-bond acceptors (Lipinski definition) is 4. The maximum atomic E-state index is 12.4. The number of alkyl halides is 3. The van der Waals surface area contributed by atoms with Gasteiger partial charge in [0.2, 0.25) is 11.6 Å². The predicted molar refractivity (Wildman–Crippen MR) is 71.5 cm³/mol. The number of rotatable bonds is 3. The van der Waals surface area contributed by atoms with E-state index in [0.717, 1.165) is 6.20 Å². The van der Waals surface area contributed by atoms with E-state index in [9.17, 15) is 21.6 Å². The van der Waals surface area contributed by atoms with Gasteiger partial charge in [0, 0.05) is 11.8 Å². The van der Waals surface area contributed by atoms with Crippen molar-refractivity contribution < 1.29 is 25.8 Å². The second-order valence-electron chi connectivity index (χ2n) is 4.01. The van der Waals surface area contributed by atoms with Crippen molar-refractivity contribution >= 4 is 15.8 Å². The van der Waals surface area contributed by atoms with Gasteiger partial charge in [0.25, 0.3) is 0 Å². The molecule has 0 bridgehead atoms. The number of halogens is 3. The number of nitrogens with zero attached hydrogens (tertiary/aromatic N) is 2. The van der Waals surface area contributed by atoms with Crippen molar-refractivity contribution in [2.75, 3.05) is 0 Å². The first-order valence-electron chi connectivity index (χ1n) is 5.68. The van der Waals surface area contributed by atoms with Gasteiger partial charge in [0.05, 0.1) is 6.57 Å². The SMILES string of the molecule is [C-]#[N+]c1cnc(OS(=O)(=O)C(F)(F)F)c(-c2ccccc2)c1. The summed E-state index contributed by atoms with van der Waals surface area (Å²) in [7, 11) is -5.84. The van der Waals surface area contributed by atoms with Crippen LogP contribution in [-0.2, 0) is 10.1 Å². The van der Waals surface area contributed by atoms with Crippen LogP contribution in [0.2, 0.25) is 0 Å². The lowest BCUT2D eigenvalue weighted by Gasteiger charge is -2.12. The van der Waals surface area contributed by atoms with Crippen LogP contribution in [-0.4, -0.2) is 18.9 Å². The molecule has 0 radical (unpaired) electrons. The molecule has 1 heterocycles. The zero-order valence-electron chi connectivity index (χ0n) is 10.7. The summed E-state index contributed by atoms with van der Waals surface area (Å²) >= 11 is 0. The van der Waals surface area contributed by atoms with Gasteiger partial charge < -0.3 is 4.18 Å². The fourth-order valence-corrected chi connectivity index (χ4v) is 1.98. The molecule has 5 nitrogen and oxygen atoms in total. The molecule has 0 aliphatic heterocycles. The van der Waals surface area contributed by atoms with Crippen molar-refractivity contribution in [2.24, 2.45) is 0 Å². The average molecular weight is 328 g/mol. The number of hydrogen-bond donors (Lipinski definition) is 0. The largest absolute Gasteiger partial charge is 0.534 e. The summed E-state index contributed by atoms with van der Waals surface area (Å²) in [5.74, 6) is -0.740. The van der Waals surface area contributed by atoms with Gasteiger partial charge in [-0.05, 0) is 11.6 Å². The van der Waals surface area contributed by atoms with Crippen molar-refractivity contribution in [3.05, 3.63) is 54.0 Å². The highest BCUT2D eigenvalue weighted by Gasteiger charge is 2.49. The molecule has 2 rings (SSSR count). The first-order chi connectivity index (χ1) is 10.2. The van der Waals surface area contributed by atoms with Crippen LogP contribution in [0.15, 0.2) is 42.6 Å². The molecule has 0 atom stereocenters. The third-order valence-corrected chi connectivity index (χ3v) is 3.47. The Bertz CT molecular complexity index is 828. The Morgan fingerprint density at radius 2 is 1.82 bits per heavy atom. The zero-order chi connectivity index (χ0) is 16.4. The lowest BCUT2D eigenvalue weighted by Crippen LogP contribution is -2.28. The third kappa shape index (κ3) is 3.17. The van der Waals surface area contributed by atoms with Crippen LogP contribution in [0, 0.1) is 6.57 Å². The molecular weight excluding hydrogens is 321 g/mol. The standard InChI is InChI=1S/C13H7F3N2O3S/c1-17-10-7-11(9-5-3-2-4-6-9)12(18-8-10)21-22(19,20)13(14,15)16/h2-8H. The summed E-state index contributed by atoms with van der Waals surface area (Å²) in [5, 5.41) is 0. The molecule has 1 aromatic carbocycles. The van der Waals surface area contributed by atoms with Gasteiger partial charge in [0.15, 0.2) is 0 Å². The molecule has 0 fully saturated rings. The quantitative estimate of drug-likeness (QED) is 0.491. The summed E-state index contributed by atoms with van der Waals surface area (Å²) in [6.45, 7) is 6.90. The molecule has 22 heavy (non-hydrogen) atoms. The van der Waals surface area contributed by atoms with E-state index in [0.29, 0.717) is 5.56 Å². The Morgan fingerprint density at radius 3 is 2.36 bits per heavy atom. The lowest BCUT2D eigenvalue weighted by atomic mass is 10.1. The van der Waals surface area contributed by atoms with E-state index in [1.54, 1.807) is 18.2 Å². The lowest BCUT2D eigenvalue weighted by molar-refractivity contribution is -0.0501. The highest BCUT2D eigenvalue weighted by Crippen LogP contribution is 2.34. The van der Waals surface area contributed by atoms with E-state index >= 15 is 0 Å². The molecule has 0 saturated heterocycles. The van der Waals surface area contributed by atoms with Gasteiger partial charge in [0.1, 0.15) is 0 Å². The van der Waals surface area contributed by atoms with Crippen LogP contribution in [0.25, 0.3) is 16.0 Å². The number of pyridine rings is 1. The highest BCUT2D eigenvalue weighted by molar-refractivity contribution is 7.88. The molecule has 0 aliphatic rings. The minimum Gasteiger partial charge on any atom is -0.355 e. The molecule has 1 aromatic heterocycles. The smallest absolute Gasteiger partial charge is 0.355 e. The average Bonchev–Trinajstić information content (AvgIpc) is 2.47. The molecule has 0 amide bonds. The molecule has 2 aromatic rings. The van der Waals surface area contributed by atoms with E-state index in [1.807, 2.05) is 0 Å². The van der Waals surface area contributed by atoms with Crippen molar-refractivity contribution in [2.45, 2.75) is 5.51 Å². The summed E-state index contributed by atoms with van der Waals surface area (Å²) in [4.78, 5) is 6.61. The van der Waals surface area contributed by atoms with Gasteiger partial charge in [-0.25, -0.2) is 9.83 Å². The molecule has 0 unspecified atom stereocenters. The van der Waals surface area contributed by atoms with E-state index in [1.165, 1.54) is 18.2 Å². The summed E-state index contributed by atoms with van der Waals surface area (Å²) in [6.07, 6.45) is 0.931. The van der Waals surface area contributed by atoms with E-state index in [-0.39, 0.29) is 11.3 Å². The van der Waals surface area contributed by atoms with Gasteiger partial charge in [-0.1, -0.05) is 30.3 Å². The number of benzene rings is 1. The predicted octanol–water partition coefficient (Wildman–Crippen LogP) is 3.53. The Balaban J connectivity index is 2.56. The monoisotopic (exact) mass is 328 g/mol. The van der Waals surface area contributed by atoms with Crippen LogP contribution in [0.5, 0.6) is 5.88 Å². The van der Waals surface area contributed by atoms with Crippen LogP contribution in [0.4, 0.5) is 18.9 Å². The normalized spacial score (nSPS) is 11.7. The minimum atomic E-state index is -5.84. The van der Waals surface area contributed by atoms with E-state index in [2.05, 4.69) is 14.0 Å². The second-order valence-corrected chi connectivity index (χ2v) is 5.55. The second kappa shape index (κ2) is 5.65. The zero-order valence-corrected chi connectivity index (χ0v) is 11.5. The van der Waals surface area contributed by atoms with Crippen molar-refractivity contribution in [3.63, 3.8) is 0 Å². The fourth-order valence-electron chi connectivity index (χ4n) is 1.54. The minimum absolute atomic E-state index is 0.0260. The summed E-state index contributed by atoms with van der Waals surface area (Å²) < 4.78 is 63.5. The Morgan fingerprint density at radius 1 is 1.18 bits per heavy atom. The van der Waals surface area contributed by atoms with Crippen LogP contribution < -0.4 is 4.18 Å². The van der Waals surface area contributed by atoms with Crippen LogP contribution >= 0.6 is 0 Å². The molecule has 0 aliphatic carbocycles. The molecule has 0 saturated carbocycles. The first kappa shape index (κ1) is 15.8. The van der Waals surface area contributed by atoms with E-state index in [4.69, 9.17) is 6.57 Å². The molecule has 0 spiro atoms. The number of aromatic nitrogens is 1. The third-order valence-electron chi connectivity index (χ3n) is 2.52.